The van der Waals surface area contributed by atoms with Crippen LogP contribution in [0.15, 0.2) is 24.4 Å². The SMILES string of the molecule is Cc1cnc(CNC2CCc3cc(NC(=O)OC(C)(C)C)ccc32)s1. The Morgan fingerprint density at radius 1 is 1.40 bits per heavy atom. The third kappa shape index (κ3) is 4.80. The van der Waals surface area contributed by atoms with Crippen molar-refractivity contribution in [2.24, 2.45) is 0 Å². The summed E-state index contributed by atoms with van der Waals surface area (Å²) in [5.41, 5.74) is 2.87. The number of hydrogen-bond donors (Lipinski definition) is 2. The van der Waals surface area contributed by atoms with E-state index in [1.165, 1.54) is 16.0 Å². The van der Waals surface area contributed by atoms with Crippen LogP contribution in [0, 0.1) is 6.92 Å². The maximum atomic E-state index is 11.9. The predicted molar refractivity (Wildman–Crippen MR) is 101 cm³/mol. The molecule has 134 valence electrons. The lowest BCUT2D eigenvalue weighted by molar-refractivity contribution is 0.0636. The van der Waals surface area contributed by atoms with E-state index in [-0.39, 0.29) is 0 Å². The monoisotopic (exact) mass is 359 g/mol. The highest BCUT2D eigenvalue weighted by atomic mass is 32.1. The van der Waals surface area contributed by atoms with Crippen molar-refractivity contribution in [3.63, 3.8) is 0 Å². The summed E-state index contributed by atoms with van der Waals surface area (Å²) in [5, 5.41) is 7.53. The molecule has 5 nitrogen and oxygen atoms in total. The fraction of sp³-hybridized carbons (Fsp3) is 0.474. The molecule has 1 aliphatic rings. The maximum absolute atomic E-state index is 11.9. The number of fused-ring (bicyclic) bond motifs is 1. The molecule has 1 aromatic heterocycles. The second-order valence-electron chi connectivity index (χ2n) is 7.38. The molecule has 2 N–H and O–H groups in total. The van der Waals surface area contributed by atoms with Gasteiger partial charge >= 0.3 is 6.09 Å². The second kappa shape index (κ2) is 7.14. The summed E-state index contributed by atoms with van der Waals surface area (Å²) in [5.74, 6) is 0. The third-order valence-electron chi connectivity index (χ3n) is 4.03. The standard InChI is InChI=1S/C19H25N3O2S/c1-12-10-21-17(25-12)11-20-16-8-5-13-9-14(6-7-15(13)16)22-18(23)24-19(2,3)4/h6-7,9-10,16,20H,5,8,11H2,1-4H3,(H,22,23). The molecule has 1 aliphatic carbocycles. The molecule has 1 unspecified atom stereocenters. The average Bonchev–Trinajstić information content (AvgIpc) is 3.09. The summed E-state index contributed by atoms with van der Waals surface area (Å²) < 4.78 is 5.30. The Kier molecular flexibility index (Phi) is 5.11. The zero-order valence-corrected chi connectivity index (χ0v) is 16.0. The van der Waals surface area contributed by atoms with Crippen molar-refractivity contribution in [1.29, 1.82) is 0 Å². The van der Waals surface area contributed by atoms with E-state index < -0.39 is 11.7 Å². The van der Waals surface area contributed by atoms with E-state index in [1.54, 1.807) is 11.3 Å². The van der Waals surface area contributed by atoms with Crippen molar-refractivity contribution in [2.45, 2.75) is 58.7 Å². The van der Waals surface area contributed by atoms with Crippen LogP contribution >= 0.6 is 11.3 Å². The van der Waals surface area contributed by atoms with Crippen LogP contribution in [0.5, 0.6) is 0 Å². The van der Waals surface area contributed by atoms with Crippen molar-refractivity contribution in [2.75, 3.05) is 5.32 Å². The Hall–Kier alpha value is -1.92. The molecule has 0 spiro atoms. The van der Waals surface area contributed by atoms with Crippen molar-refractivity contribution in [3.05, 3.63) is 45.4 Å². The van der Waals surface area contributed by atoms with E-state index in [9.17, 15) is 4.79 Å². The number of aromatic nitrogens is 1. The number of benzene rings is 1. The number of anilines is 1. The number of nitrogens with one attached hydrogen (secondary N) is 2. The van der Waals surface area contributed by atoms with Gasteiger partial charge < -0.3 is 10.1 Å². The summed E-state index contributed by atoms with van der Waals surface area (Å²) >= 11 is 1.73. The first-order valence-corrected chi connectivity index (χ1v) is 9.39. The Balaban J connectivity index is 1.61. The van der Waals surface area contributed by atoms with Crippen molar-refractivity contribution in [3.8, 4) is 0 Å². The maximum Gasteiger partial charge on any atom is 0.412 e. The zero-order valence-electron chi connectivity index (χ0n) is 15.2. The molecule has 3 rings (SSSR count). The predicted octanol–water partition coefficient (Wildman–Crippen LogP) is 4.58. The lowest BCUT2D eigenvalue weighted by Gasteiger charge is -2.20. The molecule has 2 aromatic rings. The minimum Gasteiger partial charge on any atom is -0.444 e. The molecule has 0 bridgehead atoms. The fourth-order valence-corrected chi connectivity index (χ4v) is 3.76. The lowest BCUT2D eigenvalue weighted by atomic mass is 10.1. The van der Waals surface area contributed by atoms with Gasteiger partial charge in [0.05, 0.1) is 0 Å². The van der Waals surface area contributed by atoms with Gasteiger partial charge in [0.25, 0.3) is 0 Å². The van der Waals surface area contributed by atoms with Crippen LogP contribution in [0.25, 0.3) is 0 Å². The quantitative estimate of drug-likeness (QED) is 0.839. The first-order chi connectivity index (χ1) is 11.8. The van der Waals surface area contributed by atoms with Crippen LogP contribution in [0.4, 0.5) is 10.5 Å². The number of amides is 1. The van der Waals surface area contributed by atoms with Crippen LogP contribution < -0.4 is 10.6 Å². The molecule has 6 heteroatoms. The molecule has 0 saturated carbocycles. The minimum absolute atomic E-state index is 0.342. The smallest absolute Gasteiger partial charge is 0.412 e. The van der Waals surface area contributed by atoms with Gasteiger partial charge in [-0.05, 0) is 63.8 Å². The number of nitrogens with zero attached hydrogens (tertiary/aromatic N) is 1. The van der Waals surface area contributed by atoms with Crippen molar-refractivity contribution < 1.29 is 9.53 Å². The molecular weight excluding hydrogens is 334 g/mol. The topological polar surface area (TPSA) is 63.2 Å². The highest BCUT2D eigenvalue weighted by Crippen LogP contribution is 2.33. The largest absolute Gasteiger partial charge is 0.444 e. The summed E-state index contributed by atoms with van der Waals surface area (Å²) in [7, 11) is 0. The van der Waals surface area contributed by atoms with E-state index in [4.69, 9.17) is 4.74 Å². The van der Waals surface area contributed by atoms with Gasteiger partial charge in [0.15, 0.2) is 0 Å². The first kappa shape index (κ1) is 17.9. The van der Waals surface area contributed by atoms with Gasteiger partial charge in [-0.25, -0.2) is 9.78 Å². The normalized spacial score (nSPS) is 16.6. The fourth-order valence-electron chi connectivity index (χ4n) is 3.02. The Morgan fingerprint density at radius 3 is 2.88 bits per heavy atom. The van der Waals surface area contributed by atoms with Crippen LogP contribution in [0.1, 0.15) is 54.2 Å². The summed E-state index contributed by atoms with van der Waals surface area (Å²) in [4.78, 5) is 17.5. The van der Waals surface area contributed by atoms with Gasteiger partial charge in [-0.15, -0.1) is 11.3 Å². The molecule has 0 fully saturated rings. The van der Waals surface area contributed by atoms with Gasteiger partial charge in [-0.1, -0.05) is 6.07 Å². The Labute approximate surface area is 152 Å². The molecule has 0 aliphatic heterocycles. The van der Waals surface area contributed by atoms with Gasteiger partial charge in [-0.2, -0.15) is 0 Å². The summed E-state index contributed by atoms with van der Waals surface area (Å²) in [6, 6.07) is 6.43. The average molecular weight is 359 g/mol. The number of hydrogen-bond acceptors (Lipinski definition) is 5. The van der Waals surface area contributed by atoms with E-state index >= 15 is 0 Å². The number of carbonyl (C=O) groups excluding carboxylic acids is 1. The lowest BCUT2D eigenvalue weighted by Crippen LogP contribution is -2.27. The van der Waals surface area contributed by atoms with Gasteiger partial charge in [0.1, 0.15) is 10.6 Å². The Morgan fingerprint density at radius 2 is 2.20 bits per heavy atom. The van der Waals surface area contributed by atoms with Crippen LogP contribution in [0.3, 0.4) is 0 Å². The van der Waals surface area contributed by atoms with E-state index in [1.807, 2.05) is 33.0 Å². The van der Waals surface area contributed by atoms with E-state index in [0.29, 0.717) is 6.04 Å². The molecule has 0 saturated heterocycles. The van der Waals surface area contributed by atoms with E-state index in [0.717, 1.165) is 30.1 Å². The number of ether oxygens (including phenoxy) is 1. The number of rotatable bonds is 4. The molecule has 0 radical (unpaired) electrons. The van der Waals surface area contributed by atoms with Gasteiger partial charge in [0, 0.05) is 29.3 Å². The highest BCUT2D eigenvalue weighted by molar-refractivity contribution is 7.11. The number of thiazole rings is 1. The van der Waals surface area contributed by atoms with E-state index in [2.05, 4.69) is 34.7 Å². The third-order valence-corrected chi connectivity index (χ3v) is 4.95. The molecule has 1 aromatic carbocycles. The van der Waals surface area contributed by atoms with Gasteiger partial charge in [0.2, 0.25) is 0 Å². The molecule has 1 heterocycles. The molecule has 1 amide bonds. The van der Waals surface area contributed by atoms with Crippen molar-refractivity contribution in [1.82, 2.24) is 10.3 Å². The van der Waals surface area contributed by atoms with Crippen molar-refractivity contribution >= 4 is 23.1 Å². The minimum atomic E-state index is -0.496. The zero-order chi connectivity index (χ0) is 18.0. The molecule has 1 atom stereocenters. The number of aryl methyl sites for hydroxylation is 2. The van der Waals surface area contributed by atoms with Crippen LogP contribution in [-0.2, 0) is 17.7 Å². The van der Waals surface area contributed by atoms with Gasteiger partial charge in [-0.3, -0.25) is 5.32 Å². The highest BCUT2D eigenvalue weighted by Gasteiger charge is 2.23. The number of carbonyl (C=O) groups is 1. The van der Waals surface area contributed by atoms with Crippen LogP contribution in [0.2, 0.25) is 0 Å². The summed E-state index contributed by atoms with van der Waals surface area (Å²) in [6.45, 7) is 8.44. The second-order valence-corrected chi connectivity index (χ2v) is 8.70. The molecular formula is C19H25N3O2S. The Bertz CT molecular complexity index is 764. The first-order valence-electron chi connectivity index (χ1n) is 8.58. The van der Waals surface area contributed by atoms with Crippen LogP contribution in [-0.4, -0.2) is 16.7 Å². The molecule has 25 heavy (non-hydrogen) atoms. The summed E-state index contributed by atoms with van der Waals surface area (Å²) in [6.07, 6.45) is 3.57.